The summed E-state index contributed by atoms with van der Waals surface area (Å²) in [5.74, 6) is -0.778. The first kappa shape index (κ1) is 58.6. The van der Waals surface area contributed by atoms with Crippen LogP contribution in [-0.4, -0.2) is 117 Å². The summed E-state index contributed by atoms with van der Waals surface area (Å²) in [6, 6.07) is 33.3. The maximum atomic E-state index is 14.5. The smallest absolute Gasteiger partial charge is 0.478 e. The van der Waals surface area contributed by atoms with Gasteiger partial charge in [-0.15, -0.1) is 11.8 Å². The molecule has 78 heavy (non-hydrogen) atoms. The van der Waals surface area contributed by atoms with Gasteiger partial charge >= 0.3 is 19.3 Å². The average molecular weight is 1170 g/mol. The number of carbonyl (C=O) groups is 1. The van der Waals surface area contributed by atoms with E-state index in [1.165, 1.54) is 30.0 Å². The molecule has 0 amide bonds. The number of alkyl halides is 3. The van der Waals surface area contributed by atoms with Crippen molar-refractivity contribution < 1.29 is 58.8 Å². The van der Waals surface area contributed by atoms with Crippen LogP contribution < -0.4 is 19.4 Å². The highest BCUT2D eigenvalue weighted by atomic mass is 35.5. The standard InChI is InChI=1S/C54H61ClF3N6O10PS3/c1-36(2)63-37(3)50(53(65)66)51(52(63)39-12-14-41(55)15-13-39)40-8-7-9-45(32-40)62-30-28-61(29-31-62)43-16-18-44(19-17-43)64(77(70)71)46-20-21-48(49(33-46)78(72,73)54(56,57)58)59-42(35-76-47-10-5-4-6-11-47)24-27-60-25-22-38(23-26-60)34-74-75(67,68)69/h4-21,32-33,36,38,42,59,77H,22-31,34-35H2,1-3H3,(H,65,66)(H2,67,68,69)/t42-/m1/s1. The quantitative estimate of drug-likeness (QED) is 0.0259. The molecule has 24 heteroatoms. The van der Waals surface area contributed by atoms with E-state index in [-0.39, 0.29) is 41.2 Å². The molecular formula is C54H61ClF3N6O10PS3. The molecule has 0 spiro atoms. The van der Waals surface area contributed by atoms with E-state index in [1.807, 2.05) is 92.1 Å². The molecule has 0 aliphatic carbocycles. The number of benzene rings is 5. The highest BCUT2D eigenvalue weighted by Crippen LogP contribution is 2.44. The van der Waals surface area contributed by atoms with Gasteiger partial charge in [0, 0.05) is 83.1 Å². The highest BCUT2D eigenvalue weighted by molar-refractivity contribution is 7.99. The zero-order valence-electron chi connectivity index (χ0n) is 42.9. The van der Waals surface area contributed by atoms with Crippen LogP contribution in [0.15, 0.2) is 131 Å². The first-order valence-corrected chi connectivity index (χ1v) is 30.7. The Labute approximate surface area is 463 Å². The van der Waals surface area contributed by atoms with Crippen molar-refractivity contribution in [3.63, 3.8) is 0 Å². The average Bonchev–Trinajstić information content (AvgIpc) is 3.98. The Kier molecular flexibility index (Phi) is 18.7. The molecule has 1 aromatic heterocycles. The lowest BCUT2D eigenvalue weighted by molar-refractivity contribution is -0.0435. The number of thioether (sulfide) groups is 1. The third kappa shape index (κ3) is 13.9. The summed E-state index contributed by atoms with van der Waals surface area (Å²) < 4.78 is 115. The van der Waals surface area contributed by atoms with Crippen molar-refractivity contribution >= 4 is 86.3 Å². The van der Waals surface area contributed by atoms with E-state index in [1.54, 1.807) is 24.3 Å². The fraction of sp³-hybridized carbons (Fsp3) is 0.352. The number of phosphoric ester groups is 1. The number of thiol groups is 1. The zero-order valence-corrected chi connectivity index (χ0v) is 47.1. The molecular weight excluding hydrogens is 1110 g/mol. The summed E-state index contributed by atoms with van der Waals surface area (Å²) in [5, 5.41) is 14.2. The third-order valence-electron chi connectivity index (χ3n) is 14.0. The van der Waals surface area contributed by atoms with Gasteiger partial charge in [0.25, 0.3) is 9.84 Å². The summed E-state index contributed by atoms with van der Waals surface area (Å²) in [4.78, 5) is 37.3. The van der Waals surface area contributed by atoms with Crippen LogP contribution in [0.5, 0.6) is 0 Å². The van der Waals surface area contributed by atoms with Gasteiger partial charge in [0.05, 0.1) is 34.9 Å². The van der Waals surface area contributed by atoms with Gasteiger partial charge in [0.2, 0.25) is 10.9 Å². The maximum absolute atomic E-state index is 14.5. The number of aromatic nitrogens is 1. The number of sulfone groups is 1. The van der Waals surface area contributed by atoms with Crippen molar-refractivity contribution in [2.75, 3.05) is 77.6 Å². The molecule has 0 unspecified atom stereocenters. The molecule has 0 saturated carbocycles. The summed E-state index contributed by atoms with van der Waals surface area (Å²) in [5.41, 5.74) is -0.900. The van der Waals surface area contributed by atoms with Crippen LogP contribution >= 0.6 is 31.2 Å². The number of rotatable bonds is 21. The minimum Gasteiger partial charge on any atom is -0.478 e. The van der Waals surface area contributed by atoms with Crippen LogP contribution in [-0.2, 0) is 29.8 Å². The first-order chi connectivity index (χ1) is 37.0. The van der Waals surface area contributed by atoms with E-state index in [0.29, 0.717) is 87.1 Å². The van der Waals surface area contributed by atoms with Crippen LogP contribution in [0.1, 0.15) is 55.2 Å². The van der Waals surface area contributed by atoms with Crippen molar-refractivity contribution in [3.8, 4) is 22.4 Å². The van der Waals surface area contributed by atoms with Gasteiger partial charge in [0.1, 0.15) is 4.90 Å². The largest absolute Gasteiger partial charge is 0.501 e. The number of halogens is 4. The Morgan fingerprint density at radius 2 is 1.47 bits per heavy atom. The lowest BCUT2D eigenvalue weighted by Crippen LogP contribution is -2.46. The number of phosphoric acid groups is 1. The molecule has 16 nitrogen and oxygen atoms in total. The Balaban J connectivity index is 0.995. The van der Waals surface area contributed by atoms with Gasteiger partial charge in [-0.25, -0.2) is 30.5 Å². The van der Waals surface area contributed by atoms with Crippen molar-refractivity contribution in [1.82, 2.24) is 9.47 Å². The number of hydrogen-bond donors (Lipinski definition) is 5. The number of carboxylic acid groups (broad SMARTS) is 1. The Hall–Kier alpha value is -5.55. The van der Waals surface area contributed by atoms with Gasteiger partial charge in [0.15, 0.2) is 0 Å². The molecule has 2 fully saturated rings. The number of carboxylic acids is 1. The number of nitrogens with one attached hydrogen (secondary N) is 1. The molecule has 8 rings (SSSR count). The zero-order chi connectivity index (χ0) is 56.1. The highest BCUT2D eigenvalue weighted by Gasteiger charge is 2.48. The first-order valence-electron chi connectivity index (χ1n) is 25.2. The van der Waals surface area contributed by atoms with Gasteiger partial charge in [-0.2, -0.15) is 13.2 Å². The minimum atomic E-state index is -6.04. The van der Waals surface area contributed by atoms with E-state index in [4.69, 9.17) is 25.9 Å². The van der Waals surface area contributed by atoms with Crippen molar-refractivity contribution in [3.05, 3.63) is 138 Å². The fourth-order valence-corrected chi connectivity index (χ4v) is 13.3. The molecule has 2 aliphatic heterocycles. The lowest BCUT2D eigenvalue weighted by atomic mass is 9.96. The van der Waals surface area contributed by atoms with Gasteiger partial charge in [-0.1, -0.05) is 54.1 Å². The number of hydrogen-bond acceptors (Lipinski definition) is 12. The minimum absolute atomic E-state index is 0.0486. The summed E-state index contributed by atoms with van der Waals surface area (Å²) >= 11 is 7.69. The topological polar surface area (TPSA) is 202 Å². The number of aromatic carboxylic acids is 1. The molecule has 2 aliphatic rings. The van der Waals surface area contributed by atoms with Gasteiger partial charge < -0.3 is 39.5 Å². The summed E-state index contributed by atoms with van der Waals surface area (Å²) in [6.07, 6.45) is 1.58. The normalized spacial score (nSPS) is 15.5. The Morgan fingerprint density at radius 1 is 0.846 bits per heavy atom. The van der Waals surface area contributed by atoms with E-state index < -0.39 is 51.0 Å². The molecule has 418 valence electrons. The molecule has 3 heterocycles. The molecule has 2 saturated heterocycles. The van der Waals surface area contributed by atoms with E-state index in [0.717, 1.165) is 49.5 Å². The van der Waals surface area contributed by atoms with Crippen LogP contribution in [0.3, 0.4) is 0 Å². The molecule has 5 aromatic carbocycles. The second kappa shape index (κ2) is 24.9. The fourth-order valence-electron chi connectivity index (χ4n) is 10.2. The van der Waals surface area contributed by atoms with Crippen LogP contribution in [0.2, 0.25) is 5.02 Å². The number of piperidine rings is 1. The Bertz CT molecular complexity index is 3310. The molecule has 6 aromatic rings. The molecule has 0 radical (unpaired) electrons. The SMILES string of the molecule is Cc1c(C(=O)O)c(-c2cccc(N3CCN(c4ccc(N(c5ccc(N[C@H](CCN6CCC(COP(=O)(O)O)CC6)CSc6ccccc6)c(S(=O)(=O)C(F)(F)F)c5)[SH](=O)=O)cc4)CC3)c2)c(-c2ccc(Cl)cc2)n1C(C)C. The number of piperazine rings is 1. The summed E-state index contributed by atoms with van der Waals surface area (Å²) in [7, 11) is -14.2. The summed E-state index contributed by atoms with van der Waals surface area (Å²) in [6.45, 7) is 9.63. The molecule has 0 bridgehead atoms. The van der Waals surface area contributed by atoms with Crippen molar-refractivity contribution in [2.45, 2.75) is 67.4 Å². The predicted molar refractivity (Wildman–Crippen MR) is 302 cm³/mol. The van der Waals surface area contributed by atoms with Gasteiger partial charge in [-0.05, 0) is 149 Å². The maximum Gasteiger partial charge on any atom is 0.501 e. The number of anilines is 5. The molecule has 4 N–H and O–H groups in total. The number of nitrogens with zero attached hydrogens (tertiary/aromatic N) is 5. The second-order valence-electron chi connectivity index (χ2n) is 19.5. The number of likely N-dealkylation sites (tertiary alicyclic amines) is 1. The van der Waals surface area contributed by atoms with Crippen LogP contribution in [0, 0.1) is 12.8 Å². The van der Waals surface area contributed by atoms with E-state index >= 15 is 0 Å². The van der Waals surface area contributed by atoms with Crippen molar-refractivity contribution in [1.29, 1.82) is 0 Å². The predicted octanol–water partition coefficient (Wildman–Crippen LogP) is 11.1. The van der Waals surface area contributed by atoms with E-state index in [9.17, 15) is 44.5 Å². The van der Waals surface area contributed by atoms with Crippen LogP contribution in [0.4, 0.5) is 41.6 Å². The van der Waals surface area contributed by atoms with Crippen molar-refractivity contribution in [2.24, 2.45) is 5.92 Å². The monoisotopic (exact) mass is 1170 g/mol. The Morgan fingerprint density at radius 3 is 2.06 bits per heavy atom. The van der Waals surface area contributed by atoms with Gasteiger partial charge in [-0.3, -0.25) is 4.52 Å². The second-order valence-corrected chi connectivity index (χ2v) is 25.1. The van der Waals surface area contributed by atoms with E-state index in [2.05, 4.69) is 20.0 Å². The lowest BCUT2D eigenvalue weighted by Gasteiger charge is -2.37. The third-order valence-corrected chi connectivity index (χ3v) is 18.3. The van der Waals surface area contributed by atoms with Crippen LogP contribution in [0.25, 0.3) is 22.4 Å². The molecule has 1 atom stereocenters.